The minimum atomic E-state index is -3.73. The van der Waals surface area contributed by atoms with Gasteiger partial charge in [0.2, 0.25) is 15.0 Å². The van der Waals surface area contributed by atoms with E-state index in [0.29, 0.717) is 28.5 Å². The number of aromatic nitrogens is 3. The van der Waals surface area contributed by atoms with Crippen LogP contribution in [0.4, 0.5) is 4.39 Å². The average Bonchev–Trinajstić information content (AvgIpc) is 3.30. The molecule has 0 spiro atoms. The lowest BCUT2D eigenvalue weighted by molar-refractivity contribution is 0.402. The van der Waals surface area contributed by atoms with E-state index in [0.717, 1.165) is 11.3 Å². The summed E-state index contributed by atoms with van der Waals surface area (Å²) in [5.74, 6) is 0.470. The summed E-state index contributed by atoms with van der Waals surface area (Å²) in [5, 5.41) is 6.38. The minimum Gasteiger partial charge on any atom is -0.495 e. The molecule has 1 N–H and O–H groups in total. The van der Waals surface area contributed by atoms with Gasteiger partial charge in [0.1, 0.15) is 16.5 Å². The van der Waals surface area contributed by atoms with E-state index >= 15 is 0 Å². The number of aryl methyl sites for hydroxylation is 1. The van der Waals surface area contributed by atoms with E-state index in [9.17, 15) is 12.8 Å². The van der Waals surface area contributed by atoms with Crippen molar-refractivity contribution in [1.82, 2.24) is 19.3 Å². The van der Waals surface area contributed by atoms with Crippen molar-refractivity contribution in [2.45, 2.75) is 18.2 Å². The zero-order chi connectivity index (χ0) is 21.3. The van der Waals surface area contributed by atoms with E-state index in [-0.39, 0.29) is 17.3 Å². The first-order valence-electron chi connectivity index (χ1n) is 9.11. The topological polar surface area (TPSA) is 85.6 Å². The molecular formula is C20H19FN4O3S2. The number of benzene rings is 2. The number of nitrogens with one attached hydrogen (secondary N) is 1. The molecule has 10 heteroatoms. The summed E-state index contributed by atoms with van der Waals surface area (Å²) in [5.41, 5.74) is 2.37. The highest BCUT2D eigenvalue weighted by Crippen LogP contribution is 2.25. The third-order valence-electron chi connectivity index (χ3n) is 4.53. The van der Waals surface area contributed by atoms with Crippen molar-refractivity contribution in [3.8, 4) is 17.1 Å². The molecule has 0 saturated carbocycles. The Bertz CT molecular complexity index is 1300. The maximum atomic E-state index is 13.1. The highest BCUT2D eigenvalue weighted by atomic mass is 32.2. The normalized spacial score (nSPS) is 11.8. The molecule has 2 aromatic heterocycles. The first-order valence-corrected chi connectivity index (χ1v) is 11.5. The maximum absolute atomic E-state index is 13.1. The molecule has 0 unspecified atom stereocenters. The summed E-state index contributed by atoms with van der Waals surface area (Å²) >= 11 is 1.41. The van der Waals surface area contributed by atoms with Gasteiger partial charge in [0.25, 0.3) is 0 Å². The summed E-state index contributed by atoms with van der Waals surface area (Å²) in [6, 6.07) is 11.0. The van der Waals surface area contributed by atoms with Crippen LogP contribution in [0, 0.1) is 12.7 Å². The largest absolute Gasteiger partial charge is 0.495 e. The van der Waals surface area contributed by atoms with Crippen LogP contribution in [-0.2, 0) is 16.4 Å². The van der Waals surface area contributed by atoms with Crippen molar-refractivity contribution in [2.75, 3.05) is 13.7 Å². The Labute approximate surface area is 177 Å². The quantitative estimate of drug-likeness (QED) is 0.470. The Kier molecular flexibility index (Phi) is 5.54. The van der Waals surface area contributed by atoms with Crippen molar-refractivity contribution in [2.24, 2.45) is 0 Å². The molecule has 2 heterocycles. The van der Waals surface area contributed by atoms with E-state index in [1.54, 1.807) is 34.8 Å². The summed E-state index contributed by atoms with van der Waals surface area (Å²) in [6.07, 6.45) is 0.430. The summed E-state index contributed by atoms with van der Waals surface area (Å²) in [7, 11) is -2.29. The van der Waals surface area contributed by atoms with E-state index in [1.807, 2.05) is 12.3 Å². The highest BCUT2D eigenvalue weighted by Gasteiger charge is 2.20. The predicted octanol–water partition coefficient (Wildman–Crippen LogP) is 3.43. The molecule has 0 aliphatic carbocycles. The van der Waals surface area contributed by atoms with Gasteiger partial charge in [-0.15, -0.1) is 16.4 Å². The van der Waals surface area contributed by atoms with E-state index in [4.69, 9.17) is 4.74 Å². The van der Waals surface area contributed by atoms with Crippen molar-refractivity contribution in [3.63, 3.8) is 0 Å². The summed E-state index contributed by atoms with van der Waals surface area (Å²) in [6.45, 7) is 2.01. The molecule has 4 aromatic rings. The van der Waals surface area contributed by atoms with Crippen molar-refractivity contribution >= 4 is 26.3 Å². The smallest absolute Gasteiger partial charge is 0.244 e. The zero-order valence-electron chi connectivity index (χ0n) is 16.3. The van der Waals surface area contributed by atoms with Crippen LogP contribution in [0.5, 0.6) is 5.75 Å². The number of hydrogen-bond donors (Lipinski definition) is 1. The second-order valence-electron chi connectivity index (χ2n) is 6.67. The minimum absolute atomic E-state index is 0.111. The predicted molar refractivity (Wildman–Crippen MR) is 113 cm³/mol. The number of ether oxygens (including phenoxy) is 1. The number of fused-ring (bicyclic) bond motifs is 1. The van der Waals surface area contributed by atoms with Crippen LogP contribution in [0.25, 0.3) is 16.3 Å². The van der Waals surface area contributed by atoms with Crippen LogP contribution >= 0.6 is 11.3 Å². The van der Waals surface area contributed by atoms with Crippen molar-refractivity contribution in [3.05, 3.63) is 64.9 Å². The fourth-order valence-corrected chi connectivity index (χ4v) is 5.14. The fourth-order valence-electron chi connectivity index (χ4n) is 3.00. The third kappa shape index (κ3) is 4.07. The average molecular weight is 447 g/mol. The van der Waals surface area contributed by atoms with Gasteiger partial charge >= 0.3 is 0 Å². The van der Waals surface area contributed by atoms with Crippen LogP contribution in [0.2, 0.25) is 0 Å². The second kappa shape index (κ2) is 8.13. The molecule has 0 radical (unpaired) electrons. The molecule has 0 atom stereocenters. The lowest BCUT2D eigenvalue weighted by atomic mass is 10.2. The van der Waals surface area contributed by atoms with Gasteiger partial charge in [0.05, 0.1) is 12.8 Å². The third-order valence-corrected chi connectivity index (χ3v) is 6.88. The first kappa shape index (κ1) is 20.5. The maximum Gasteiger partial charge on any atom is 0.244 e. The molecule has 156 valence electrons. The highest BCUT2D eigenvalue weighted by molar-refractivity contribution is 7.89. The molecule has 0 saturated heterocycles. The molecule has 7 nitrogen and oxygen atoms in total. The Morgan fingerprint density at radius 3 is 2.70 bits per heavy atom. The van der Waals surface area contributed by atoms with Gasteiger partial charge < -0.3 is 4.74 Å². The lowest BCUT2D eigenvalue weighted by Gasteiger charge is -2.11. The van der Waals surface area contributed by atoms with Gasteiger partial charge in [-0.2, -0.15) is 4.98 Å². The van der Waals surface area contributed by atoms with Crippen molar-refractivity contribution < 1.29 is 17.5 Å². The Hall–Kier alpha value is -2.82. The molecule has 0 fully saturated rings. The zero-order valence-corrected chi connectivity index (χ0v) is 17.9. The molecule has 0 aliphatic heterocycles. The molecule has 4 rings (SSSR count). The van der Waals surface area contributed by atoms with Crippen LogP contribution in [0.1, 0.15) is 11.3 Å². The molecule has 0 amide bonds. The number of nitrogens with zero attached hydrogens (tertiary/aromatic N) is 3. The monoisotopic (exact) mass is 446 g/mol. The van der Waals surface area contributed by atoms with Gasteiger partial charge in [-0.1, -0.05) is 6.07 Å². The summed E-state index contributed by atoms with van der Waals surface area (Å²) < 4.78 is 48.1. The Morgan fingerprint density at radius 2 is 1.97 bits per heavy atom. The van der Waals surface area contributed by atoms with Crippen LogP contribution in [0.3, 0.4) is 0 Å². The Balaban J connectivity index is 1.50. The summed E-state index contributed by atoms with van der Waals surface area (Å²) in [4.78, 5) is 5.26. The molecule has 0 aliphatic rings. The van der Waals surface area contributed by atoms with Crippen molar-refractivity contribution in [1.29, 1.82) is 0 Å². The first-order chi connectivity index (χ1) is 14.4. The van der Waals surface area contributed by atoms with Crippen LogP contribution in [-0.4, -0.2) is 36.7 Å². The Morgan fingerprint density at radius 1 is 1.20 bits per heavy atom. The molecule has 0 bridgehead atoms. The fraction of sp³-hybridized carbons (Fsp3) is 0.200. The van der Waals surface area contributed by atoms with Crippen LogP contribution < -0.4 is 9.46 Å². The van der Waals surface area contributed by atoms with Gasteiger partial charge in [-0.25, -0.2) is 22.0 Å². The van der Waals surface area contributed by atoms with Crippen LogP contribution in [0.15, 0.2) is 52.7 Å². The molecule has 2 aromatic carbocycles. The number of thiazole rings is 1. The van der Waals surface area contributed by atoms with Gasteiger partial charge in [-0.05, 0) is 48.9 Å². The lowest BCUT2D eigenvalue weighted by Crippen LogP contribution is -2.26. The molecular weight excluding hydrogens is 427 g/mol. The van der Waals surface area contributed by atoms with E-state index in [2.05, 4.69) is 14.8 Å². The van der Waals surface area contributed by atoms with Gasteiger partial charge in [0, 0.05) is 23.9 Å². The second-order valence-corrected chi connectivity index (χ2v) is 9.24. The standard InChI is InChI=1S/C20H19FN4O3S2/c1-13-3-8-17(28-2)18(11-13)30(26,27)22-10-9-16-12-29-20-23-19(24-25(16)20)14-4-6-15(21)7-5-14/h3-8,11-12,22H,9-10H2,1-2H3. The molecule has 30 heavy (non-hydrogen) atoms. The van der Waals surface area contributed by atoms with E-state index < -0.39 is 10.0 Å². The van der Waals surface area contributed by atoms with Gasteiger partial charge in [0.15, 0.2) is 5.82 Å². The number of sulfonamides is 1. The van der Waals surface area contributed by atoms with E-state index in [1.165, 1.54) is 30.6 Å². The number of rotatable bonds is 7. The SMILES string of the molecule is COc1ccc(C)cc1S(=O)(=O)NCCc1csc2nc(-c3ccc(F)cc3)nn12. The number of methoxy groups -OCH3 is 1. The van der Waals surface area contributed by atoms with Gasteiger partial charge in [-0.3, -0.25) is 0 Å². The number of hydrogen-bond acceptors (Lipinski definition) is 6. The number of halogens is 1.